The molecule has 0 aliphatic rings. The predicted molar refractivity (Wildman–Crippen MR) is 66.0 cm³/mol. The van der Waals surface area contributed by atoms with Gasteiger partial charge in [0, 0.05) is 9.50 Å². The monoisotopic (exact) mass is 275 g/mol. The van der Waals surface area contributed by atoms with E-state index >= 15 is 0 Å². The van der Waals surface area contributed by atoms with Crippen LogP contribution in [0.5, 0.6) is 0 Å². The summed E-state index contributed by atoms with van der Waals surface area (Å²) in [6, 6.07) is 5.97. The Morgan fingerprint density at radius 1 is 1.36 bits per heavy atom. The van der Waals surface area contributed by atoms with E-state index in [1.165, 1.54) is 12.0 Å². The maximum Gasteiger partial charge on any atom is 0.0439 e. The fraction of sp³-hybridized carbons (Fsp3) is 0.455. The van der Waals surface area contributed by atoms with Crippen LogP contribution < -0.4 is 5.32 Å². The van der Waals surface area contributed by atoms with Crippen molar-refractivity contribution in [3.05, 3.63) is 33.3 Å². The average Bonchev–Trinajstić information content (AvgIpc) is 2.18. The lowest BCUT2D eigenvalue weighted by Crippen LogP contribution is -2.17. The van der Waals surface area contributed by atoms with Gasteiger partial charge in [-0.3, -0.25) is 0 Å². The molecule has 0 radical (unpaired) electrons. The van der Waals surface area contributed by atoms with Crippen molar-refractivity contribution in [2.24, 2.45) is 0 Å². The fourth-order valence-electron chi connectivity index (χ4n) is 1.26. The maximum absolute atomic E-state index is 6.06. The zero-order valence-electron chi connectivity index (χ0n) is 8.32. The van der Waals surface area contributed by atoms with Crippen LogP contribution in [0.25, 0.3) is 0 Å². The first kappa shape index (κ1) is 12.0. The highest BCUT2D eigenvalue weighted by molar-refractivity contribution is 9.10. The van der Waals surface area contributed by atoms with Gasteiger partial charge in [-0.15, -0.1) is 0 Å². The van der Waals surface area contributed by atoms with Crippen molar-refractivity contribution in [3.63, 3.8) is 0 Å². The Kier molecular flexibility index (Phi) is 5.53. The molecule has 78 valence electrons. The minimum atomic E-state index is 0.853. The van der Waals surface area contributed by atoms with Crippen LogP contribution in [-0.4, -0.2) is 13.1 Å². The third-order valence-corrected chi connectivity index (χ3v) is 2.87. The molecule has 0 aliphatic heterocycles. The lowest BCUT2D eigenvalue weighted by atomic mass is 10.1. The molecule has 0 fully saturated rings. The van der Waals surface area contributed by atoms with Gasteiger partial charge in [-0.25, -0.2) is 0 Å². The molecular formula is C11H15BrClN. The van der Waals surface area contributed by atoms with Crippen molar-refractivity contribution >= 4 is 27.5 Å². The smallest absolute Gasteiger partial charge is 0.0439 e. The van der Waals surface area contributed by atoms with Crippen LogP contribution in [0, 0.1) is 0 Å². The SMILES string of the molecule is CCCNCCc1cc(Br)ccc1Cl. The molecule has 1 aromatic carbocycles. The highest BCUT2D eigenvalue weighted by Crippen LogP contribution is 2.20. The fourth-order valence-corrected chi connectivity index (χ4v) is 1.88. The molecule has 0 amide bonds. The van der Waals surface area contributed by atoms with Crippen LogP contribution in [0.3, 0.4) is 0 Å². The Labute approximate surface area is 99.0 Å². The van der Waals surface area contributed by atoms with E-state index in [4.69, 9.17) is 11.6 Å². The molecule has 0 spiro atoms. The van der Waals surface area contributed by atoms with Crippen LogP contribution >= 0.6 is 27.5 Å². The molecule has 1 nitrogen and oxygen atoms in total. The summed E-state index contributed by atoms with van der Waals surface area (Å²) in [5, 5.41) is 4.21. The second-order valence-corrected chi connectivity index (χ2v) is 4.56. The highest BCUT2D eigenvalue weighted by Gasteiger charge is 2.00. The summed E-state index contributed by atoms with van der Waals surface area (Å²) in [5.74, 6) is 0. The van der Waals surface area contributed by atoms with Crippen LogP contribution in [0.2, 0.25) is 5.02 Å². The quantitative estimate of drug-likeness (QED) is 0.810. The third kappa shape index (κ3) is 3.99. The minimum absolute atomic E-state index is 0.853. The summed E-state index contributed by atoms with van der Waals surface area (Å²) in [6.45, 7) is 4.23. The molecule has 0 atom stereocenters. The number of hydrogen-bond donors (Lipinski definition) is 1. The first-order valence-electron chi connectivity index (χ1n) is 4.88. The Bertz CT molecular complexity index is 289. The Morgan fingerprint density at radius 2 is 2.14 bits per heavy atom. The van der Waals surface area contributed by atoms with Crippen LogP contribution in [0.1, 0.15) is 18.9 Å². The standard InChI is InChI=1S/C11H15BrClN/c1-2-6-14-7-5-9-8-10(12)3-4-11(9)13/h3-4,8,14H,2,5-7H2,1H3. The molecule has 0 bridgehead atoms. The zero-order valence-corrected chi connectivity index (χ0v) is 10.7. The van der Waals surface area contributed by atoms with E-state index in [-0.39, 0.29) is 0 Å². The Hall–Kier alpha value is -0.0500. The van der Waals surface area contributed by atoms with Gasteiger partial charge in [-0.05, 0) is 49.7 Å². The van der Waals surface area contributed by atoms with E-state index in [1.54, 1.807) is 0 Å². The predicted octanol–water partition coefficient (Wildman–Crippen LogP) is 3.64. The van der Waals surface area contributed by atoms with E-state index in [0.29, 0.717) is 0 Å². The first-order valence-corrected chi connectivity index (χ1v) is 6.05. The molecule has 1 rings (SSSR count). The van der Waals surface area contributed by atoms with Crippen molar-refractivity contribution < 1.29 is 0 Å². The van der Waals surface area contributed by atoms with Crippen molar-refractivity contribution in [2.45, 2.75) is 19.8 Å². The zero-order chi connectivity index (χ0) is 10.4. The summed E-state index contributed by atoms with van der Waals surface area (Å²) in [4.78, 5) is 0. The maximum atomic E-state index is 6.06. The summed E-state index contributed by atoms with van der Waals surface area (Å²) in [6.07, 6.45) is 2.16. The van der Waals surface area contributed by atoms with Gasteiger partial charge in [0.15, 0.2) is 0 Å². The normalized spacial score (nSPS) is 10.5. The van der Waals surface area contributed by atoms with Crippen molar-refractivity contribution in [2.75, 3.05) is 13.1 Å². The molecule has 0 saturated carbocycles. The molecule has 14 heavy (non-hydrogen) atoms. The number of rotatable bonds is 5. The second-order valence-electron chi connectivity index (χ2n) is 3.24. The molecular weight excluding hydrogens is 261 g/mol. The van der Waals surface area contributed by atoms with Crippen molar-refractivity contribution in [1.82, 2.24) is 5.32 Å². The largest absolute Gasteiger partial charge is 0.316 e. The second kappa shape index (κ2) is 6.44. The number of nitrogens with one attached hydrogen (secondary N) is 1. The summed E-state index contributed by atoms with van der Waals surface area (Å²) < 4.78 is 1.09. The summed E-state index contributed by atoms with van der Waals surface area (Å²) in [7, 11) is 0. The lowest BCUT2D eigenvalue weighted by Gasteiger charge is -2.05. The topological polar surface area (TPSA) is 12.0 Å². The number of hydrogen-bond acceptors (Lipinski definition) is 1. The third-order valence-electron chi connectivity index (χ3n) is 2.01. The Morgan fingerprint density at radius 3 is 2.86 bits per heavy atom. The molecule has 1 N–H and O–H groups in total. The van der Waals surface area contributed by atoms with E-state index in [1.807, 2.05) is 12.1 Å². The molecule has 0 aromatic heterocycles. The number of benzene rings is 1. The Balaban J connectivity index is 2.45. The van der Waals surface area contributed by atoms with Crippen LogP contribution in [-0.2, 0) is 6.42 Å². The van der Waals surface area contributed by atoms with Gasteiger partial charge >= 0.3 is 0 Å². The summed E-state index contributed by atoms with van der Waals surface area (Å²) >= 11 is 9.50. The molecule has 0 heterocycles. The van der Waals surface area contributed by atoms with Crippen LogP contribution in [0.4, 0.5) is 0 Å². The first-order chi connectivity index (χ1) is 6.74. The lowest BCUT2D eigenvalue weighted by molar-refractivity contribution is 0.671. The minimum Gasteiger partial charge on any atom is -0.316 e. The van der Waals surface area contributed by atoms with Gasteiger partial charge in [0.1, 0.15) is 0 Å². The summed E-state index contributed by atoms with van der Waals surface area (Å²) in [5.41, 5.74) is 1.20. The van der Waals surface area contributed by atoms with Crippen molar-refractivity contribution in [3.8, 4) is 0 Å². The van der Waals surface area contributed by atoms with Crippen LogP contribution in [0.15, 0.2) is 22.7 Å². The van der Waals surface area contributed by atoms with E-state index in [0.717, 1.165) is 29.0 Å². The molecule has 1 aromatic rings. The highest BCUT2D eigenvalue weighted by atomic mass is 79.9. The average molecular weight is 277 g/mol. The van der Waals surface area contributed by atoms with Gasteiger partial charge in [0.2, 0.25) is 0 Å². The van der Waals surface area contributed by atoms with Gasteiger partial charge in [-0.2, -0.15) is 0 Å². The van der Waals surface area contributed by atoms with Gasteiger partial charge in [0.25, 0.3) is 0 Å². The van der Waals surface area contributed by atoms with Gasteiger partial charge < -0.3 is 5.32 Å². The molecule has 3 heteroatoms. The van der Waals surface area contributed by atoms with E-state index < -0.39 is 0 Å². The van der Waals surface area contributed by atoms with Crippen molar-refractivity contribution in [1.29, 1.82) is 0 Å². The molecule has 0 unspecified atom stereocenters. The molecule has 0 aliphatic carbocycles. The van der Waals surface area contributed by atoms with E-state index in [2.05, 4.69) is 34.2 Å². The molecule has 0 saturated heterocycles. The van der Waals surface area contributed by atoms with Gasteiger partial charge in [-0.1, -0.05) is 34.5 Å². The number of halogens is 2. The van der Waals surface area contributed by atoms with E-state index in [9.17, 15) is 0 Å². The van der Waals surface area contributed by atoms with Gasteiger partial charge in [0.05, 0.1) is 0 Å².